The number of aromatic amines is 1. The molecule has 0 saturated carbocycles. The number of carbonyl (C=O) groups excluding carboxylic acids is 3. The zero-order valence-corrected chi connectivity index (χ0v) is 16.9. The topological polar surface area (TPSA) is 127 Å². The monoisotopic (exact) mass is 406 g/mol. The maximum Gasteiger partial charge on any atom is 0.255 e. The van der Waals surface area contributed by atoms with Crippen molar-refractivity contribution in [3.63, 3.8) is 0 Å². The summed E-state index contributed by atoms with van der Waals surface area (Å²) in [5.41, 5.74) is 8.29. The third-order valence-corrected chi connectivity index (χ3v) is 4.68. The molecule has 0 bridgehead atoms. The fraction of sp³-hybridized carbons (Fsp3) is 0.182. The van der Waals surface area contributed by atoms with Crippen molar-refractivity contribution in [2.75, 3.05) is 7.11 Å². The molecule has 2 amide bonds. The minimum Gasteiger partial charge on any atom is -0.495 e. The summed E-state index contributed by atoms with van der Waals surface area (Å²) < 4.78 is 5.51. The first-order valence-corrected chi connectivity index (χ1v) is 9.26. The number of benzene rings is 2. The molecule has 3 rings (SSSR count). The van der Waals surface area contributed by atoms with Gasteiger partial charge in [0.25, 0.3) is 5.91 Å². The fourth-order valence-electron chi connectivity index (χ4n) is 2.97. The molecule has 2 aromatic carbocycles. The lowest BCUT2D eigenvalue weighted by Crippen LogP contribution is -2.42. The molecule has 8 heteroatoms. The van der Waals surface area contributed by atoms with Gasteiger partial charge in [0.15, 0.2) is 5.78 Å². The van der Waals surface area contributed by atoms with Crippen molar-refractivity contribution < 1.29 is 19.1 Å². The van der Waals surface area contributed by atoms with Crippen LogP contribution in [0.15, 0.2) is 36.4 Å². The second-order valence-corrected chi connectivity index (χ2v) is 6.79. The van der Waals surface area contributed by atoms with Crippen LogP contribution in [0.1, 0.15) is 45.8 Å². The molecule has 30 heavy (non-hydrogen) atoms. The van der Waals surface area contributed by atoms with Crippen LogP contribution in [0, 0.1) is 0 Å². The quantitative estimate of drug-likeness (QED) is 0.520. The standard InChI is InChI=1S/C22H22N4O4/c1-12(21(23)28)24-22(29)16-9-11-18-19(20(16)30-3)17(25-26-18)10-6-14-4-7-15(8-5-14)13(2)27/h4-12H,1-3H3,(H2,23,28)(H,24,29)(H,25,26). The Bertz CT molecular complexity index is 1150. The van der Waals surface area contributed by atoms with Gasteiger partial charge < -0.3 is 15.8 Å². The van der Waals surface area contributed by atoms with Crippen molar-refractivity contribution in [2.45, 2.75) is 19.9 Å². The summed E-state index contributed by atoms with van der Waals surface area (Å²) in [5.74, 6) is -0.769. The third-order valence-electron chi connectivity index (χ3n) is 4.68. The summed E-state index contributed by atoms with van der Waals surface area (Å²) in [7, 11) is 1.46. The van der Waals surface area contributed by atoms with E-state index in [2.05, 4.69) is 15.5 Å². The van der Waals surface area contributed by atoms with Gasteiger partial charge in [-0.15, -0.1) is 0 Å². The minimum absolute atomic E-state index is 0.00465. The van der Waals surface area contributed by atoms with Gasteiger partial charge in [0.2, 0.25) is 5.91 Å². The van der Waals surface area contributed by atoms with Crippen molar-refractivity contribution in [1.29, 1.82) is 0 Å². The number of hydrogen-bond donors (Lipinski definition) is 3. The number of H-pyrrole nitrogens is 1. The number of carbonyl (C=O) groups is 3. The van der Waals surface area contributed by atoms with Gasteiger partial charge in [0.1, 0.15) is 11.8 Å². The lowest BCUT2D eigenvalue weighted by atomic mass is 10.1. The summed E-state index contributed by atoms with van der Waals surface area (Å²) in [6, 6.07) is 9.68. The number of primary amides is 1. The Morgan fingerprint density at radius 3 is 2.43 bits per heavy atom. The van der Waals surface area contributed by atoms with Crippen LogP contribution in [0.2, 0.25) is 0 Å². The first kappa shape index (κ1) is 20.8. The maximum absolute atomic E-state index is 12.6. The summed E-state index contributed by atoms with van der Waals surface area (Å²) in [6.45, 7) is 3.03. The van der Waals surface area contributed by atoms with Crippen molar-refractivity contribution in [2.24, 2.45) is 5.73 Å². The van der Waals surface area contributed by atoms with E-state index >= 15 is 0 Å². The first-order valence-electron chi connectivity index (χ1n) is 9.26. The second kappa shape index (κ2) is 8.60. The third kappa shape index (κ3) is 4.22. The molecule has 0 radical (unpaired) electrons. The average Bonchev–Trinajstić information content (AvgIpc) is 3.14. The fourth-order valence-corrected chi connectivity index (χ4v) is 2.97. The number of nitrogens with two attached hydrogens (primary N) is 1. The lowest BCUT2D eigenvalue weighted by molar-refractivity contribution is -0.119. The Morgan fingerprint density at radius 1 is 1.13 bits per heavy atom. The molecule has 1 heterocycles. The van der Waals surface area contributed by atoms with Crippen molar-refractivity contribution >= 4 is 40.7 Å². The van der Waals surface area contributed by atoms with Crippen LogP contribution in [-0.2, 0) is 4.79 Å². The Kier molecular flexibility index (Phi) is 5.96. The van der Waals surface area contributed by atoms with Gasteiger partial charge >= 0.3 is 0 Å². The molecule has 4 N–H and O–H groups in total. The van der Waals surface area contributed by atoms with E-state index in [0.29, 0.717) is 27.9 Å². The van der Waals surface area contributed by atoms with E-state index in [4.69, 9.17) is 10.5 Å². The number of ketones is 1. The number of hydrogen-bond acceptors (Lipinski definition) is 5. The molecule has 0 aliphatic carbocycles. The number of ether oxygens (including phenoxy) is 1. The molecule has 3 aromatic rings. The molecule has 1 atom stereocenters. The van der Waals surface area contributed by atoms with E-state index in [-0.39, 0.29) is 11.3 Å². The zero-order chi connectivity index (χ0) is 21.8. The first-order chi connectivity index (χ1) is 14.3. The molecule has 0 aliphatic rings. The van der Waals surface area contributed by atoms with Crippen molar-refractivity contribution in [3.05, 3.63) is 58.8 Å². The number of rotatable bonds is 7. The Labute approximate surface area is 173 Å². The SMILES string of the molecule is COc1c(C(=O)NC(C)C(N)=O)ccc2[nH]nc(C=Cc3ccc(C(C)=O)cc3)c12. The van der Waals surface area contributed by atoms with E-state index in [1.54, 1.807) is 30.3 Å². The molecule has 0 spiro atoms. The summed E-state index contributed by atoms with van der Waals surface area (Å²) in [5, 5.41) is 10.4. The maximum atomic E-state index is 12.6. The van der Waals surface area contributed by atoms with E-state index in [0.717, 1.165) is 5.56 Å². The molecule has 8 nitrogen and oxygen atoms in total. The molecule has 0 saturated heterocycles. The van der Waals surface area contributed by atoms with Crippen molar-refractivity contribution in [1.82, 2.24) is 15.5 Å². The van der Waals surface area contributed by atoms with E-state index in [9.17, 15) is 14.4 Å². The minimum atomic E-state index is -0.820. The Hall–Kier alpha value is -3.94. The largest absolute Gasteiger partial charge is 0.495 e. The number of methoxy groups -OCH3 is 1. The molecular formula is C22H22N4O4. The second-order valence-electron chi connectivity index (χ2n) is 6.79. The average molecular weight is 406 g/mol. The lowest BCUT2D eigenvalue weighted by Gasteiger charge is -2.13. The number of aromatic nitrogens is 2. The summed E-state index contributed by atoms with van der Waals surface area (Å²) >= 11 is 0. The zero-order valence-electron chi connectivity index (χ0n) is 16.9. The van der Waals surface area contributed by atoms with Crippen LogP contribution < -0.4 is 15.8 Å². The van der Waals surface area contributed by atoms with Gasteiger partial charge in [-0.1, -0.05) is 30.3 Å². The van der Waals surface area contributed by atoms with E-state index in [1.807, 2.05) is 18.2 Å². The van der Waals surface area contributed by atoms with E-state index < -0.39 is 17.9 Å². The molecule has 154 valence electrons. The van der Waals surface area contributed by atoms with Crippen LogP contribution >= 0.6 is 0 Å². The highest BCUT2D eigenvalue weighted by atomic mass is 16.5. The van der Waals surface area contributed by atoms with Crippen LogP contribution in [0.3, 0.4) is 0 Å². The number of fused-ring (bicyclic) bond motifs is 1. The summed E-state index contributed by atoms with van der Waals surface area (Å²) in [6.07, 6.45) is 3.64. The Balaban J connectivity index is 1.97. The molecule has 0 aliphatic heterocycles. The van der Waals surface area contributed by atoms with Gasteiger partial charge in [-0.25, -0.2) is 0 Å². The Morgan fingerprint density at radius 2 is 1.83 bits per heavy atom. The van der Waals surface area contributed by atoms with Gasteiger partial charge in [-0.3, -0.25) is 19.5 Å². The van der Waals surface area contributed by atoms with Gasteiger partial charge in [-0.2, -0.15) is 5.10 Å². The van der Waals surface area contributed by atoms with E-state index in [1.165, 1.54) is 21.0 Å². The number of amides is 2. The number of Topliss-reactive ketones (excluding diaryl/α,β-unsaturated/α-hetero) is 1. The van der Waals surface area contributed by atoms with Crippen LogP contribution in [-0.4, -0.2) is 40.9 Å². The predicted molar refractivity (Wildman–Crippen MR) is 114 cm³/mol. The molecule has 0 fully saturated rings. The van der Waals surface area contributed by atoms with Gasteiger partial charge in [0, 0.05) is 5.56 Å². The smallest absolute Gasteiger partial charge is 0.255 e. The predicted octanol–water partition coefficient (Wildman–Crippen LogP) is 2.55. The highest BCUT2D eigenvalue weighted by molar-refractivity contribution is 6.06. The normalized spacial score (nSPS) is 12.1. The van der Waals surface area contributed by atoms with Crippen LogP contribution in [0.5, 0.6) is 5.75 Å². The van der Waals surface area contributed by atoms with Gasteiger partial charge in [-0.05, 0) is 37.6 Å². The van der Waals surface area contributed by atoms with Gasteiger partial charge in [0.05, 0.1) is 29.3 Å². The molecule has 1 unspecified atom stereocenters. The summed E-state index contributed by atoms with van der Waals surface area (Å²) in [4.78, 5) is 35.3. The van der Waals surface area contributed by atoms with Crippen LogP contribution in [0.4, 0.5) is 0 Å². The number of nitrogens with one attached hydrogen (secondary N) is 2. The van der Waals surface area contributed by atoms with Crippen LogP contribution in [0.25, 0.3) is 23.1 Å². The highest BCUT2D eigenvalue weighted by Crippen LogP contribution is 2.32. The highest BCUT2D eigenvalue weighted by Gasteiger charge is 2.21. The number of nitrogens with zero attached hydrogens (tertiary/aromatic N) is 1. The van der Waals surface area contributed by atoms with Crippen molar-refractivity contribution in [3.8, 4) is 5.75 Å². The molecule has 1 aromatic heterocycles. The molecular weight excluding hydrogens is 384 g/mol.